The summed E-state index contributed by atoms with van der Waals surface area (Å²) in [4.78, 5) is 0.380. The molecule has 0 bridgehead atoms. The van der Waals surface area contributed by atoms with Crippen LogP contribution in [-0.2, 0) is 10.0 Å². The van der Waals surface area contributed by atoms with Gasteiger partial charge in [0.1, 0.15) is 5.82 Å². The third kappa shape index (κ3) is 3.74. The molecule has 112 valence electrons. The fourth-order valence-electron chi connectivity index (χ4n) is 1.83. The summed E-state index contributed by atoms with van der Waals surface area (Å²) in [5, 5.41) is 0. The molecule has 0 saturated carbocycles. The predicted molar refractivity (Wildman–Crippen MR) is 81.5 cm³/mol. The summed E-state index contributed by atoms with van der Waals surface area (Å²) >= 11 is 4.87. The quantitative estimate of drug-likeness (QED) is 0.816. The van der Waals surface area contributed by atoms with Crippen LogP contribution in [0.5, 0.6) is 0 Å². The molecule has 0 fully saturated rings. The van der Waals surface area contributed by atoms with Crippen molar-refractivity contribution in [2.45, 2.75) is 25.7 Å². The molecule has 1 unspecified atom stereocenters. The van der Waals surface area contributed by atoms with Crippen LogP contribution < -0.4 is 5.73 Å². The minimum absolute atomic E-state index is 0.107. The number of benzene rings is 1. The lowest BCUT2D eigenvalue weighted by Gasteiger charge is -2.24. The van der Waals surface area contributed by atoms with E-state index in [1.54, 1.807) is 20.8 Å². The summed E-state index contributed by atoms with van der Waals surface area (Å²) in [6.07, 6.45) is 0. The summed E-state index contributed by atoms with van der Waals surface area (Å²) in [7, 11) is -3.68. The first-order valence-corrected chi connectivity index (χ1v) is 8.10. The maximum absolute atomic E-state index is 13.1. The molecule has 0 aliphatic carbocycles. The normalized spacial score (nSPS) is 13.4. The van der Waals surface area contributed by atoms with Gasteiger partial charge < -0.3 is 5.73 Å². The summed E-state index contributed by atoms with van der Waals surface area (Å²) in [5.41, 5.74) is 5.91. The Hall–Kier alpha value is -1.05. The number of thiocarbonyl (C=S) groups is 1. The van der Waals surface area contributed by atoms with Crippen molar-refractivity contribution < 1.29 is 12.8 Å². The lowest BCUT2D eigenvalue weighted by molar-refractivity contribution is 0.405. The van der Waals surface area contributed by atoms with Crippen LogP contribution in [0.15, 0.2) is 23.1 Å². The zero-order valence-corrected chi connectivity index (χ0v) is 13.4. The van der Waals surface area contributed by atoms with E-state index in [2.05, 4.69) is 0 Å². The zero-order chi connectivity index (χ0) is 15.5. The Morgan fingerprint density at radius 2 is 2.10 bits per heavy atom. The predicted octanol–water partition coefficient (Wildman–Crippen LogP) is 2.07. The Bertz CT molecular complexity index is 602. The number of aryl methyl sites for hydroxylation is 1. The van der Waals surface area contributed by atoms with E-state index < -0.39 is 15.8 Å². The molecule has 0 aliphatic heterocycles. The molecule has 0 spiro atoms. The van der Waals surface area contributed by atoms with E-state index in [-0.39, 0.29) is 22.3 Å². The van der Waals surface area contributed by atoms with Crippen molar-refractivity contribution in [3.05, 3.63) is 29.6 Å². The van der Waals surface area contributed by atoms with Gasteiger partial charge in [0.25, 0.3) is 0 Å². The standard InChI is InChI=1S/C13H19FN2O2S2/c1-4-16(8-10(3)13(15)19)20(17,18)12-6-5-11(14)7-9(12)2/h5-7,10H,4,8H2,1-3H3,(H2,15,19). The second-order valence-corrected chi connectivity index (χ2v) is 7.05. The van der Waals surface area contributed by atoms with Gasteiger partial charge in [-0.2, -0.15) is 4.31 Å². The van der Waals surface area contributed by atoms with E-state index in [1.807, 2.05) is 0 Å². The molecule has 0 heterocycles. The second kappa shape index (κ2) is 6.60. The van der Waals surface area contributed by atoms with Crippen molar-refractivity contribution >= 4 is 27.2 Å². The van der Waals surface area contributed by atoms with E-state index in [0.717, 1.165) is 6.07 Å². The first-order valence-electron chi connectivity index (χ1n) is 6.25. The second-order valence-electron chi connectivity index (χ2n) is 4.67. The van der Waals surface area contributed by atoms with Gasteiger partial charge >= 0.3 is 0 Å². The van der Waals surface area contributed by atoms with Gasteiger partial charge in [0.05, 0.1) is 9.88 Å². The lowest BCUT2D eigenvalue weighted by Crippen LogP contribution is -2.38. The molecule has 0 amide bonds. The maximum Gasteiger partial charge on any atom is 0.243 e. The molecule has 0 aliphatic rings. The van der Waals surface area contributed by atoms with Gasteiger partial charge in [-0.3, -0.25) is 0 Å². The van der Waals surface area contributed by atoms with Crippen molar-refractivity contribution in [2.75, 3.05) is 13.1 Å². The van der Waals surface area contributed by atoms with Gasteiger partial charge in [0.15, 0.2) is 0 Å². The van der Waals surface area contributed by atoms with Crippen LogP contribution >= 0.6 is 12.2 Å². The first kappa shape index (κ1) is 17.0. The summed E-state index contributed by atoms with van der Waals surface area (Å²) in [6.45, 7) is 5.60. The van der Waals surface area contributed by atoms with Crippen molar-refractivity contribution in [2.24, 2.45) is 11.7 Å². The largest absolute Gasteiger partial charge is 0.393 e. The van der Waals surface area contributed by atoms with E-state index in [9.17, 15) is 12.8 Å². The van der Waals surface area contributed by atoms with Gasteiger partial charge in [-0.1, -0.05) is 26.1 Å². The molecular formula is C13H19FN2O2S2. The Labute approximate surface area is 124 Å². The first-order chi connectivity index (χ1) is 9.20. The highest BCUT2D eigenvalue weighted by Gasteiger charge is 2.26. The fraction of sp³-hybridized carbons (Fsp3) is 0.462. The van der Waals surface area contributed by atoms with Crippen LogP contribution in [0.25, 0.3) is 0 Å². The topological polar surface area (TPSA) is 63.4 Å². The van der Waals surface area contributed by atoms with Crippen molar-refractivity contribution in [1.29, 1.82) is 0 Å². The Morgan fingerprint density at radius 3 is 2.55 bits per heavy atom. The summed E-state index contributed by atoms with van der Waals surface area (Å²) in [6, 6.07) is 3.64. The van der Waals surface area contributed by atoms with E-state index in [0.29, 0.717) is 12.1 Å². The average molecular weight is 318 g/mol. The smallest absolute Gasteiger partial charge is 0.243 e. The summed E-state index contributed by atoms with van der Waals surface area (Å²) in [5.74, 6) is -0.679. The lowest BCUT2D eigenvalue weighted by atomic mass is 10.2. The van der Waals surface area contributed by atoms with E-state index in [4.69, 9.17) is 18.0 Å². The van der Waals surface area contributed by atoms with Gasteiger partial charge in [0, 0.05) is 19.0 Å². The average Bonchev–Trinajstić information content (AvgIpc) is 2.34. The van der Waals surface area contributed by atoms with Crippen LogP contribution in [0, 0.1) is 18.7 Å². The molecule has 2 N–H and O–H groups in total. The highest BCUT2D eigenvalue weighted by molar-refractivity contribution is 7.89. The third-order valence-corrected chi connectivity index (χ3v) is 5.57. The molecule has 0 radical (unpaired) electrons. The van der Waals surface area contributed by atoms with E-state index in [1.165, 1.54) is 16.4 Å². The maximum atomic E-state index is 13.1. The third-order valence-electron chi connectivity index (χ3n) is 3.07. The SMILES string of the molecule is CCN(CC(C)C(N)=S)S(=O)(=O)c1ccc(F)cc1C. The Balaban J connectivity index is 3.15. The van der Waals surface area contributed by atoms with Crippen LogP contribution in [-0.4, -0.2) is 30.8 Å². The Kier molecular flexibility index (Phi) is 5.61. The number of hydrogen-bond acceptors (Lipinski definition) is 3. The van der Waals surface area contributed by atoms with Gasteiger partial charge in [-0.15, -0.1) is 0 Å². The highest BCUT2D eigenvalue weighted by Crippen LogP contribution is 2.21. The molecule has 0 saturated heterocycles. The number of nitrogens with zero attached hydrogens (tertiary/aromatic N) is 1. The van der Waals surface area contributed by atoms with Crippen LogP contribution in [0.4, 0.5) is 4.39 Å². The minimum atomic E-state index is -3.68. The zero-order valence-electron chi connectivity index (χ0n) is 11.8. The molecular weight excluding hydrogens is 299 g/mol. The highest BCUT2D eigenvalue weighted by atomic mass is 32.2. The van der Waals surface area contributed by atoms with Crippen molar-refractivity contribution in [3.63, 3.8) is 0 Å². The van der Waals surface area contributed by atoms with Gasteiger partial charge in [0.2, 0.25) is 10.0 Å². The van der Waals surface area contributed by atoms with Crippen LogP contribution in [0.2, 0.25) is 0 Å². The molecule has 4 nitrogen and oxygen atoms in total. The minimum Gasteiger partial charge on any atom is -0.393 e. The van der Waals surface area contributed by atoms with Crippen LogP contribution in [0.3, 0.4) is 0 Å². The van der Waals surface area contributed by atoms with Gasteiger partial charge in [-0.25, -0.2) is 12.8 Å². The molecule has 1 rings (SSSR count). The number of hydrogen-bond donors (Lipinski definition) is 1. The number of halogens is 1. The van der Waals surface area contributed by atoms with E-state index >= 15 is 0 Å². The number of nitrogens with two attached hydrogens (primary N) is 1. The molecule has 7 heteroatoms. The van der Waals surface area contributed by atoms with Crippen molar-refractivity contribution in [1.82, 2.24) is 4.31 Å². The number of rotatable bonds is 6. The van der Waals surface area contributed by atoms with Crippen molar-refractivity contribution in [3.8, 4) is 0 Å². The number of sulfonamides is 1. The van der Waals surface area contributed by atoms with Crippen LogP contribution in [0.1, 0.15) is 19.4 Å². The summed E-state index contributed by atoms with van der Waals surface area (Å²) < 4.78 is 39.5. The molecule has 20 heavy (non-hydrogen) atoms. The fourth-order valence-corrected chi connectivity index (χ4v) is 3.65. The monoisotopic (exact) mass is 318 g/mol. The molecule has 1 aromatic rings. The van der Waals surface area contributed by atoms with Gasteiger partial charge in [-0.05, 0) is 30.7 Å². The molecule has 1 atom stereocenters. The Morgan fingerprint density at radius 1 is 1.50 bits per heavy atom. The molecule has 1 aromatic carbocycles. The molecule has 0 aromatic heterocycles.